The van der Waals surface area contributed by atoms with Gasteiger partial charge in [0.25, 0.3) is 0 Å². The van der Waals surface area contributed by atoms with E-state index in [9.17, 15) is 9.59 Å². The van der Waals surface area contributed by atoms with E-state index in [0.717, 1.165) is 36.1 Å². The first kappa shape index (κ1) is 17.0. The van der Waals surface area contributed by atoms with Crippen molar-refractivity contribution in [2.45, 2.75) is 39.0 Å². The number of benzene rings is 1. The average molecular weight is 368 g/mol. The molecule has 1 aliphatic heterocycles. The van der Waals surface area contributed by atoms with Gasteiger partial charge in [-0.1, -0.05) is 19.3 Å². The molecule has 1 aromatic carbocycles. The molecule has 0 bridgehead atoms. The number of carbonyl (C=O) groups is 2. The van der Waals surface area contributed by atoms with Crippen molar-refractivity contribution in [2.24, 2.45) is 5.92 Å². The van der Waals surface area contributed by atoms with Crippen molar-refractivity contribution in [3.05, 3.63) is 51.4 Å². The Morgan fingerprint density at radius 2 is 2.04 bits per heavy atom. The van der Waals surface area contributed by atoms with Crippen LogP contribution in [-0.2, 0) is 4.79 Å². The molecule has 2 aromatic rings. The summed E-state index contributed by atoms with van der Waals surface area (Å²) in [5.41, 5.74) is 1.61. The lowest BCUT2D eigenvalue weighted by molar-refractivity contribution is -0.139. The maximum atomic E-state index is 12.5. The fraction of sp³-hybridized carbons (Fsp3) is 0.333. The molecule has 0 saturated heterocycles. The molecule has 0 N–H and O–H groups in total. The van der Waals surface area contributed by atoms with Crippen LogP contribution in [0.25, 0.3) is 6.08 Å². The largest absolute Gasteiger partial charge is 0.452 e. The monoisotopic (exact) mass is 368 g/mol. The van der Waals surface area contributed by atoms with Gasteiger partial charge in [0.05, 0.1) is 11.5 Å². The second-order valence-electron chi connectivity index (χ2n) is 6.82. The van der Waals surface area contributed by atoms with Gasteiger partial charge in [0.1, 0.15) is 11.5 Å². The van der Waals surface area contributed by atoms with Crippen molar-refractivity contribution in [2.75, 3.05) is 0 Å². The Morgan fingerprint density at radius 3 is 2.77 bits per heavy atom. The molecule has 2 aliphatic rings. The zero-order valence-corrected chi connectivity index (χ0v) is 15.4. The number of hydrogen-bond donors (Lipinski definition) is 0. The smallest absolute Gasteiger partial charge is 0.314 e. The van der Waals surface area contributed by atoms with Crippen LogP contribution in [0.5, 0.6) is 11.5 Å². The normalized spacial score (nSPS) is 18.7. The fourth-order valence-corrected chi connectivity index (χ4v) is 4.27. The number of ether oxygens (including phenoxy) is 2. The summed E-state index contributed by atoms with van der Waals surface area (Å²) < 4.78 is 11.3. The van der Waals surface area contributed by atoms with Crippen molar-refractivity contribution < 1.29 is 19.1 Å². The maximum absolute atomic E-state index is 12.5. The summed E-state index contributed by atoms with van der Waals surface area (Å²) in [5, 5.41) is 1.98. The van der Waals surface area contributed by atoms with Gasteiger partial charge in [0, 0.05) is 17.0 Å². The first-order valence-electron chi connectivity index (χ1n) is 8.96. The Hall–Kier alpha value is -2.40. The van der Waals surface area contributed by atoms with E-state index < -0.39 is 0 Å². The molecule has 26 heavy (non-hydrogen) atoms. The Morgan fingerprint density at radius 1 is 1.23 bits per heavy atom. The Kier molecular flexibility index (Phi) is 4.64. The van der Waals surface area contributed by atoms with E-state index in [4.69, 9.17) is 9.47 Å². The predicted octanol–water partition coefficient (Wildman–Crippen LogP) is 5.16. The number of carbonyl (C=O) groups excluding carboxylic acids is 2. The van der Waals surface area contributed by atoms with Gasteiger partial charge in [-0.3, -0.25) is 9.59 Å². The number of Topliss-reactive ketones (excluding diaryl/α,β-unsaturated/α-hetero) is 1. The number of rotatable bonds is 3. The van der Waals surface area contributed by atoms with Crippen LogP contribution in [0.4, 0.5) is 0 Å². The van der Waals surface area contributed by atoms with Crippen LogP contribution >= 0.6 is 11.3 Å². The summed E-state index contributed by atoms with van der Waals surface area (Å²) in [6, 6.07) is 6.98. The minimum atomic E-state index is -0.182. The highest BCUT2D eigenvalue weighted by Crippen LogP contribution is 2.36. The highest BCUT2D eigenvalue weighted by Gasteiger charge is 2.29. The number of allylic oxidation sites excluding steroid dienone is 1. The van der Waals surface area contributed by atoms with E-state index in [1.807, 2.05) is 18.4 Å². The average Bonchev–Trinajstić information content (AvgIpc) is 3.19. The molecule has 0 spiro atoms. The van der Waals surface area contributed by atoms with Crippen molar-refractivity contribution in [1.82, 2.24) is 0 Å². The minimum Gasteiger partial charge on any atom is -0.452 e. The van der Waals surface area contributed by atoms with Gasteiger partial charge in [0.15, 0.2) is 5.76 Å². The number of aryl methyl sites for hydroxylation is 1. The summed E-state index contributed by atoms with van der Waals surface area (Å²) in [5.74, 6) is 0.847. The van der Waals surface area contributed by atoms with Crippen LogP contribution in [-0.4, -0.2) is 11.8 Å². The van der Waals surface area contributed by atoms with Gasteiger partial charge in [-0.15, -0.1) is 11.3 Å². The number of fused-ring (bicyclic) bond motifs is 1. The lowest BCUT2D eigenvalue weighted by atomic mass is 9.89. The second-order valence-corrected chi connectivity index (χ2v) is 7.77. The van der Waals surface area contributed by atoms with E-state index in [1.165, 1.54) is 6.42 Å². The summed E-state index contributed by atoms with van der Waals surface area (Å²) in [6.45, 7) is 2.00. The molecule has 1 saturated carbocycles. The molecule has 4 nitrogen and oxygen atoms in total. The quantitative estimate of drug-likeness (QED) is 0.427. The molecule has 0 amide bonds. The van der Waals surface area contributed by atoms with E-state index in [0.29, 0.717) is 22.8 Å². The van der Waals surface area contributed by atoms with Crippen LogP contribution in [0.2, 0.25) is 0 Å². The lowest BCUT2D eigenvalue weighted by Crippen LogP contribution is -2.22. The SMILES string of the molecule is Cc1ccsc1C=C1Oc2cc(OC(=O)C3CCCCC3)ccc2C1=O. The summed E-state index contributed by atoms with van der Waals surface area (Å²) >= 11 is 1.57. The summed E-state index contributed by atoms with van der Waals surface area (Å²) in [6.07, 6.45) is 6.92. The Balaban J connectivity index is 1.51. The number of ketones is 1. The molecule has 5 heteroatoms. The topological polar surface area (TPSA) is 52.6 Å². The molecule has 0 unspecified atom stereocenters. The highest BCUT2D eigenvalue weighted by atomic mass is 32.1. The first-order valence-corrected chi connectivity index (χ1v) is 9.84. The molecule has 0 radical (unpaired) electrons. The standard InChI is InChI=1S/C21H20O4S/c1-13-9-10-26-19(13)12-18-20(22)16-8-7-15(11-17(16)25-18)24-21(23)14-5-3-2-4-6-14/h7-12,14H,2-6H2,1H3. The van der Waals surface area contributed by atoms with Crippen molar-refractivity contribution in [3.63, 3.8) is 0 Å². The van der Waals surface area contributed by atoms with Gasteiger partial charge >= 0.3 is 5.97 Å². The number of thiophene rings is 1. The number of hydrogen-bond acceptors (Lipinski definition) is 5. The van der Waals surface area contributed by atoms with Crippen LogP contribution in [0.1, 0.15) is 52.9 Å². The molecule has 4 rings (SSSR count). The highest BCUT2D eigenvalue weighted by molar-refractivity contribution is 7.11. The summed E-state index contributed by atoms with van der Waals surface area (Å²) in [4.78, 5) is 25.8. The molecular weight excluding hydrogens is 348 g/mol. The molecule has 0 atom stereocenters. The zero-order chi connectivity index (χ0) is 18.1. The maximum Gasteiger partial charge on any atom is 0.314 e. The number of esters is 1. The van der Waals surface area contributed by atoms with Gasteiger partial charge in [-0.25, -0.2) is 0 Å². The summed E-state index contributed by atoms with van der Waals surface area (Å²) in [7, 11) is 0. The van der Waals surface area contributed by atoms with Crippen LogP contribution in [0.3, 0.4) is 0 Å². The van der Waals surface area contributed by atoms with Gasteiger partial charge in [-0.05, 0) is 48.9 Å². The van der Waals surface area contributed by atoms with Gasteiger partial charge in [-0.2, -0.15) is 0 Å². The Bertz CT molecular complexity index is 887. The van der Waals surface area contributed by atoms with Crippen molar-refractivity contribution >= 4 is 29.2 Å². The first-order chi connectivity index (χ1) is 12.6. The molecule has 2 heterocycles. The van der Waals surface area contributed by atoms with Crippen LogP contribution in [0, 0.1) is 12.8 Å². The third-order valence-corrected chi connectivity index (χ3v) is 5.93. The van der Waals surface area contributed by atoms with E-state index in [1.54, 1.807) is 35.6 Å². The van der Waals surface area contributed by atoms with Crippen LogP contribution in [0.15, 0.2) is 35.4 Å². The molecular formula is C21H20O4S. The molecule has 1 aliphatic carbocycles. The molecule has 1 aromatic heterocycles. The van der Waals surface area contributed by atoms with E-state index in [-0.39, 0.29) is 17.7 Å². The van der Waals surface area contributed by atoms with Crippen molar-refractivity contribution in [3.8, 4) is 11.5 Å². The van der Waals surface area contributed by atoms with E-state index in [2.05, 4.69) is 0 Å². The Labute approximate surface area is 156 Å². The van der Waals surface area contributed by atoms with Crippen LogP contribution < -0.4 is 9.47 Å². The second kappa shape index (κ2) is 7.08. The van der Waals surface area contributed by atoms with E-state index >= 15 is 0 Å². The third-order valence-electron chi connectivity index (χ3n) is 4.96. The zero-order valence-electron chi connectivity index (χ0n) is 14.6. The van der Waals surface area contributed by atoms with Gasteiger partial charge < -0.3 is 9.47 Å². The molecule has 1 fully saturated rings. The molecule has 134 valence electrons. The van der Waals surface area contributed by atoms with Crippen molar-refractivity contribution in [1.29, 1.82) is 0 Å². The lowest BCUT2D eigenvalue weighted by Gasteiger charge is -2.19. The predicted molar refractivity (Wildman–Crippen MR) is 101 cm³/mol. The van der Waals surface area contributed by atoms with Gasteiger partial charge in [0.2, 0.25) is 5.78 Å². The fourth-order valence-electron chi connectivity index (χ4n) is 3.42. The minimum absolute atomic E-state index is 0.0168. The third kappa shape index (κ3) is 3.31.